The van der Waals surface area contributed by atoms with E-state index in [1.54, 1.807) is 0 Å². The summed E-state index contributed by atoms with van der Waals surface area (Å²) in [4.78, 5) is 2.39. The molecular weight excluding hydrogens is 500 g/mol. The van der Waals surface area contributed by atoms with Crippen molar-refractivity contribution >= 4 is 33.2 Å². The first-order chi connectivity index (χ1) is 15.9. The third-order valence-corrected chi connectivity index (χ3v) is 7.01. The first kappa shape index (κ1) is 24.1. The van der Waals surface area contributed by atoms with Gasteiger partial charge in [-0.15, -0.1) is 0 Å². The number of aliphatic hydroxyl groups is 1. The number of anilines is 1. The minimum absolute atomic E-state index is 0.496. The third kappa shape index (κ3) is 6.73. The summed E-state index contributed by atoms with van der Waals surface area (Å²) >= 11 is 9.58. The van der Waals surface area contributed by atoms with Crippen molar-refractivity contribution in [2.75, 3.05) is 25.0 Å². The van der Waals surface area contributed by atoms with Gasteiger partial charge in [0.2, 0.25) is 0 Å². The molecule has 1 fully saturated rings. The highest BCUT2D eigenvalue weighted by Crippen LogP contribution is 2.29. The zero-order chi connectivity index (χ0) is 23.3. The van der Waals surface area contributed by atoms with E-state index >= 15 is 0 Å². The van der Waals surface area contributed by atoms with Gasteiger partial charge in [0.15, 0.2) is 0 Å². The number of likely N-dealkylation sites (tertiary alicyclic amines) is 1. The van der Waals surface area contributed by atoms with Crippen molar-refractivity contribution < 1.29 is 9.84 Å². The quantitative estimate of drug-likeness (QED) is 0.353. The summed E-state index contributed by atoms with van der Waals surface area (Å²) in [5.41, 5.74) is 3.81. The second-order valence-corrected chi connectivity index (χ2v) is 10.2. The van der Waals surface area contributed by atoms with Gasteiger partial charge in [-0.1, -0.05) is 57.9 Å². The Morgan fingerprint density at radius 3 is 2.52 bits per heavy atom. The van der Waals surface area contributed by atoms with Crippen molar-refractivity contribution in [3.05, 3.63) is 92.9 Å². The van der Waals surface area contributed by atoms with E-state index in [-0.39, 0.29) is 0 Å². The van der Waals surface area contributed by atoms with Crippen molar-refractivity contribution in [1.29, 1.82) is 0 Å². The molecule has 0 radical (unpaired) electrons. The number of ether oxygens (including phenoxy) is 1. The number of rotatable bonds is 8. The predicted octanol–water partition coefficient (Wildman–Crippen LogP) is 6.43. The van der Waals surface area contributed by atoms with Gasteiger partial charge >= 0.3 is 0 Å². The summed E-state index contributed by atoms with van der Waals surface area (Å²) in [5.74, 6) is 0.884. The summed E-state index contributed by atoms with van der Waals surface area (Å²) in [5, 5.41) is 15.3. The van der Waals surface area contributed by atoms with E-state index in [1.165, 1.54) is 5.56 Å². The van der Waals surface area contributed by atoms with Crippen LogP contribution < -0.4 is 10.1 Å². The normalized spacial score (nSPS) is 15.9. The Kier molecular flexibility index (Phi) is 7.97. The Hall–Kier alpha value is -2.05. The minimum Gasteiger partial charge on any atom is -0.489 e. The largest absolute Gasteiger partial charge is 0.489 e. The molecule has 0 saturated carbocycles. The van der Waals surface area contributed by atoms with E-state index in [0.29, 0.717) is 13.2 Å². The van der Waals surface area contributed by atoms with Crippen molar-refractivity contribution in [2.45, 2.75) is 38.5 Å². The van der Waals surface area contributed by atoms with Crippen molar-refractivity contribution in [3.8, 4) is 5.75 Å². The summed E-state index contributed by atoms with van der Waals surface area (Å²) in [6.45, 7) is 5.62. The van der Waals surface area contributed by atoms with Crippen LogP contribution in [0.4, 0.5) is 5.69 Å². The van der Waals surface area contributed by atoms with Crippen LogP contribution in [0.1, 0.15) is 29.5 Å². The first-order valence-corrected chi connectivity index (χ1v) is 12.5. The van der Waals surface area contributed by atoms with Gasteiger partial charge < -0.3 is 15.2 Å². The van der Waals surface area contributed by atoms with Crippen LogP contribution in [0.15, 0.2) is 71.2 Å². The fourth-order valence-corrected chi connectivity index (χ4v) is 4.66. The molecule has 0 aliphatic carbocycles. The SMILES string of the molecule is Cc1ccccc1NCC1(O)CCN(Cc2cc(Br)ccc2OCc2ccc(Cl)cc2)CC1. The van der Waals surface area contributed by atoms with Gasteiger partial charge in [-0.2, -0.15) is 0 Å². The molecule has 1 saturated heterocycles. The monoisotopic (exact) mass is 528 g/mol. The maximum Gasteiger partial charge on any atom is 0.124 e. The number of nitrogens with one attached hydrogen (secondary N) is 1. The third-order valence-electron chi connectivity index (χ3n) is 6.26. The molecule has 0 bridgehead atoms. The van der Waals surface area contributed by atoms with Crippen LogP contribution in [0.2, 0.25) is 5.02 Å². The summed E-state index contributed by atoms with van der Waals surface area (Å²) in [6.07, 6.45) is 1.47. The molecule has 6 heteroatoms. The van der Waals surface area contributed by atoms with Crippen LogP contribution in [0.25, 0.3) is 0 Å². The lowest BCUT2D eigenvalue weighted by Crippen LogP contribution is -2.48. The number of halogens is 2. The molecule has 0 amide bonds. The Bertz CT molecular complexity index is 1070. The lowest BCUT2D eigenvalue weighted by atomic mass is 9.91. The Morgan fingerprint density at radius 1 is 1.06 bits per heavy atom. The van der Waals surface area contributed by atoms with Crippen LogP contribution in [-0.2, 0) is 13.2 Å². The van der Waals surface area contributed by atoms with Gasteiger partial charge in [-0.3, -0.25) is 4.90 Å². The van der Waals surface area contributed by atoms with Crippen LogP contribution in [-0.4, -0.2) is 35.2 Å². The second-order valence-electron chi connectivity index (χ2n) is 8.84. The van der Waals surface area contributed by atoms with E-state index in [0.717, 1.165) is 64.5 Å². The number of hydrogen-bond donors (Lipinski definition) is 2. The van der Waals surface area contributed by atoms with E-state index in [1.807, 2.05) is 48.5 Å². The van der Waals surface area contributed by atoms with Crippen LogP contribution in [0.3, 0.4) is 0 Å². The number of nitrogens with zero attached hydrogens (tertiary/aromatic N) is 1. The Labute approximate surface area is 209 Å². The Morgan fingerprint density at radius 2 is 1.79 bits per heavy atom. The fourth-order valence-electron chi connectivity index (χ4n) is 4.13. The smallest absolute Gasteiger partial charge is 0.124 e. The maximum atomic E-state index is 11.1. The molecule has 0 spiro atoms. The van der Waals surface area contributed by atoms with Gasteiger partial charge in [0.1, 0.15) is 12.4 Å². The standard InChI is InChI=1S/C27H30BrClN2O2/c1-20-4-2-3-5-25(20)30-19-27(32)12-14-31(15-13-27)17-22-16-23(28)8-11-26(22)33-18-21-6-9-24(29)10-7-21/h2-11,16,30,32H,12-15,17-19H2,1H3. The van der Waals surface area contributed by atoms with E-state index in [4.69, 9.17) is 16.3 Å². The number of benzene rings is 3. The molecule has 1 aliphatic heterocycles. The number of piperidine rings is 1. The van der Waals surface area contributed by atoms with E-state index in [9.17, 15) is 5.11 Å². The molecular formula is C27H30BrClN2O2. The molecule has 2 N–H and O–H groups in total. The molecule has 3 aromatic rings. The molecule has 4 rings (SSSR count). The van der Waals surface area contributed by atoms with Crippen molar-refractivity contribution in [2.24, 2.45) is 0 Å². The van der Waals surface area contributed by atoms with Gasteiger partial charge in [0.05, 0.1) is 5.60 Å². The molecule has 4 nitrogen and oxygen atoms in total. The van der Waals surface area contributed by atoms with Gasteiger partial charge in [0, 0.05) is 46.9 Å². The molecule has 0 unspecified atom stereocenters. The number of aryl methyl sites for hydroxylation is 1. The van der Waals surface area contributed by atoms with Crippen LogP contribution >= 0.6 is 27.5 Å². The number of hydrogen-bond acceptors (Lipinski definition) is 4. The summed E-state index contributed by atoms with van der Waals surface area (Å²) in [7, 11) is 0. The first-order valence-electron chi connectivity index (χ1n) is 11.3. The van der Waals surface area contributed by atoms with E-state index < -0.39 is 5.60 Å². The highest BCUT2D eigenvalue weighted by molar-refractivity contribution is 9.10. The second kappa shape index (κ2) is 10.9. The summed E-state index contributed by atoms with van der Waals surface area (Å²) in [6, 6.07) is 22.1. The lowest BCUT2D eigenvalue weighted by Gasteiger charge is -2.38. The molecule has 0 atom stereocenters. The average molecular weight is 530 g/mol. The highest BCUT2D eigenvalue weighted by atomic mass is 79.9. The van der Waals surface area contributed by atoms with E-state index in [2.05, 4.69) is 51.3 Å². The maximum absolute atomic E-state index is 11.1. The zero-order valence-electron chi connectivity index (χ0n) is 18.9. The summed E-state index contributed by atoms with van der Waals surface area (Å²) < 4.78 is 7.18. The molecule has 0 aromatic heterocycles. The topological polar surface area (TPSA) is 44.7 Å². The minimum atomic E-state index is -0.691. The predicted molar refractivity (Wildman–Crippen MR) is 139 cm³/mol. The molecule has 3 aromatic carbocycles. The van der Waals surface area contributed by atoms with Crippen molar-refractivity contribution in [1.82, 2.24) is 4.90 Å². The molecule has 1 aliphatic rings. The van der Waals surface area contributed by atoms with Gasteiger partial charge in [-0.25, -0.2) is 0 Å². The van der Waals surface area contributed by atoms with Crippen LogP contribution in [0.5, 0.6) is 5.75 Å². The van der Waals surface area contributed by atoms with Crippen LogP contribution in [0, 0.1) is 6.92 Å². The lowest BCUT2D eigenvalue weighted by molar-refractivity contribution is -0.0122. The van der Waals surface area contributed by atoms with Gasteiger partial charge in [-0.05, 0) is 67.3 Å². The molecule has 174 valence electrons. The zero-order valence-corrected chi connectivity index (χ0v) is 21.2. The average Bonchev–Trinajstić information content (AvgIpc) is 2.81. The fraction of sp³-hybridized carbons (Fsp3) is 0.333. The molecule has 33 heavy (non-hydrogen) atoms. The molecule has 1 heterocycles. The Balaban J connectivity index is 1.33. The number of para-hydroxylation sites is 1. The highest BCUT2D eigenvalue weighted by Gasteiger charge is 2.32. The van der Waals surface area contributed by atoms with Gasteiger partial charge in [0.25, 0.3) is 0 Å². The van der Waals surface area contributed by atoms with Crippen molar-refractivity contribution in [3.63, 3.8) is 0 Å².